The van der Waals surface area contributed by atoms with E-state index < -0.39 is 6.03 Å². The van der Waals surface area contributed by atoms with Gasteiger partial charge in [0.1, 0.15) is 17.8 Å². The van der Waals surface area contributed by atoms with Crippen molar-refractivity contribution in [2.24, 2.45) is 23.2 Å². The van der Waals surface area contributed by atoms with E-state index in [9.17, 15) is 14.4 Å². The molecule has 2 aromatic heterocycles. The summed E-state index contributed by atoms with van der Waals surface area (Å²) in [4.78, 5) is 37.6. The number of benzene rings is 1. The van der Waals surface area contributed by atoms with Crippen LogP contribution in [0.4, 0.5) is 10.5 Å². The Balaban J connectivity index is 0.871. The second-order valence-corrected chi connectivity index (χ2v) is 13.9. The molecule has 2 aliphatic carbocycles. The highest BCUT2D eigenvalue weighted by atomic mass is 32.2. The molecule has 0 spiro atoms. The monoisotopic (exact) mass is 664 g/mol. The first-order chi connectivity index (χ1) is 23.0. The van der Waals surface area contributed by atoms with Gasteiger partial charge in [-0.3, -0.25) is 9.59 Å². The van der Waals surface area contributed by atoms with Crippen LogP contribution in [0.3, 0.4) is 0 Å². The summed E-state index contributed by atoms with van der Waals surface area (Å²) in [5, 5.41) is 22.9. The fourth-order valence-electron chi connectivity index (χ4n) is 6.27. The molecule has 12 nitrogen and oxygen atoms in total. The number of azo groups is 1. The number of hydrogen-bond donors (Lipinski definition) is 2. The Morgan fingerprint density at radius 2 is 1.74 bits per heavy atom. The largest absolute Gasteiger partial charge is 0.465 e. The number of unbranched alkanes of at least 4 members (excludes halogenated alkanes) is 2. The molecule has 1 aromatic carbocycles. The molecule has 2 heterocycles. The maximum absolute atomic E-state index is 12.7. The quantitative estimate of drug-likeness (QED) is 0.104. The van der Waals surface area contributed by atoms with Crippen LogP contribution >= 0.6 is 11.8 Å². The van der Waals surface area contributed by atoms with Gasteiger partial charge < -0.3 is 19.9 Å². The van der Waals surface area contributed by atoms with Gasteiger partial charge in [-0.1, -0.05) is 43.0 Å². The molecule has 47 heavy (non-hydrogen) atoms. The smallest absolute Gasteiger partial charge is 0.348 e. The van der Waals surface area contributed by atoms with E-state index in [4.69, 9.17) is 4.74 Å². The number of ether oxygens (including phenoxy) is 1. The van der Waals surface area contributed by atoms with Crippen LogP contribution in [-0.2, 0) is 16.6 Å². The van der Waals surface area contributed by atoms with Crippen LogP contribution in [0.25, 0.3) is 11.0 Å². The zero-order valence-corrected chi connectivity index (χ0v) is 28.3. The first-order valence-electron chi connectivity index (χ1n) is 17.2. The zero-order chi connectivity index (χ0) is 32.8. The number of thioether (sulfide) groups is 1. The standard InChI is InChI=1S/C34H48N8O4S/c1-41-23-28(36-34(45)42-30-13-8-7-12-29(30)39-40-42)22-31(41)33(44)35-19-9-3-6-14-32(43)46-20-21-47-24-25-15-17-27(18-16-25)38-37-26-10-4-2-5-11-26/h7-8,12-13,22-23,25-27H,2-6,9-11,14-21,24H2,1H3,(H,35,44)(H,36,45). The fourth-order valence-corrected chi connectivity index (χ4v) is 7.30. The third-order valence-electron chi connectivity index (χ3n) is 9.00. The molecule has 0 bridgehead atoms. The lowest BCUT2D eigenvalue weighted by molar-refractivity contribution is -0.143. The van der Waals surface area contributed by atoms with Gasteiger partial charge in [0.05, 0.1) is 23.3 Å². The maximum atomic E-state index is 12.7. The molecular weight excluding hydrogens is 616 g/mol. The first-order valence-corrected chi connectivity index (χ1v) is 18.3. The summed E-state index contributed by atoms with van der Waals surface area (Å²) in [5.41, 5.74) is 2.12. The van der Waals surface area contributed by atoms with Gasteiger partial charge in [-0.05, 0) is 81.2 Å². The molecule has 0 atom stereocenters. The third-order valence-corrected chi connectivity index (χ3v) is 10.2. The number of anilines is 1. The highest BCUT2D eigenvalue weighted by molar-refractivity contribution is 7.99. The summed E-state index contributed by atoms with van der Waals surface area (Å²) < 4.78 is 8.28. The van der Waals surface area contributed by atoms with Gasteiger partial charge >= 0.3 is 12.0 Å². The van der Waals surface area contributed by atoms with Gasteiger partial charge in [0.15, 0.2) is 0 Å². The van der Waals surface area contributed by atoms with Gasteiger partial charge in [0, 0.05) is 32.0 Å². The maximum Gasteiger partial charge on any atom is 0.348 e. The van der Waals surface area contributed by atoms with Gasteiger partial charge in [0.25, 0.3) is 5.91 Å². The van der Waals surface area contributed by atoms with E-state index in [2.05, 4.69) is 31.2 Å². The minimum atomic E-state index is -0.463. The number of hydrogen-bond acceptors (Lipinski definition) is 9. The number of nitrogens with one attached hydrogen (secondary N) is 2. The molecule has 0 unspecified atom stereocenters. The lowest BCUT2D eigenvalue weighted by Crippen LogP contribution is -2.26. The minimum Gasteiger partial charge on any atom is -0.465 e. The fraction of sp³-hybridized carbons (Fsp3) is 0.618. The van der Waals surface area contributed by atoms with E-state index in [0.29, 0.717) is 54.1 Å². The average molecular weight is 665 g/mol. The summed E-state index contributed by atoms with van der Waals surface area (Å²) >= 11 is 1.88. The number of carbonyl (C=O) groups is 3. The molecular formula is C34H48N8O4S. The average Bonchev–Trinajstić information content (AvgIpc) is 3.69. The van der Waals surface area contributed by atoms with Crippen LogP contribution in [0.1, 0.15) is 94.0 Å². The number of para-hydroxylation sites is 1. The lowest BCUT2D eigenvalue weighted by Gasteiger charge is -2.26. The van der Waals surface area contributed by atoms with E-state index in [1.165, 1.54) is 49.6 Å². The summed E-state index contributed by atoms with van der Waals surface area (Å²) in [6, 6.07) is 9.24. The molecule has 2 amide bonds. The molecule has 5 rings (SSSR count). The molecule has 2 fully saturated rings. The van der Waals surface area contributed by atoms with Crippen LogP contribution in [0, 0.1) is 5.92 Å². The number of carbonyl (C=O) groups excluding carboxylic acids is 3. The van der Waals surface area contributed by atoms with E-state index >= 15 is 0 Å². The third kappa shape index (κ3) is 10.6. The number of aromatic nitrogens is 4. The number of fused-ring (bicyclic) bond motifs is 1. The molecule has 2 saturated carbocycles. The summed E-state index contributed by atoms with van der Waals surface area (Å²) in [6.45, 7) is 0.951. The normalized spacial score (nSPS) is 18.8. The SMILES string of the molecule is Cn1cc(NC(=O)n2nnc3ccccc32)cc1C(=O)NCCCCCC(=O)OCCSCC1CCC(N=NC2CCCCC2)CC1. The summed E-state index contributed by atoms with van der Waals surface area (Å²) in [7, 11) is 1.75. The summed E-state index contributed by atoms with van der Waals surface area (Å²) in [6.07, 6.45) is 15.5. The number of esters is 1. The van der Waals surface area contributed by atoms with Crippen molar-refractivity contribution in [3.05, 3.63) is 42.2 Å². The van der Waals surface area contributed by atoms with Crippen molar-refractivity contribution in [2.45, 2.75) is 95.6 Å². The molecule has 13 heteroatoms. The Hall–Kier alpha value is -3.74. The predicted molar refractivity (Wildman–Crippen MR) is 184 cm³/mol. The Morgan fingerprint density at radius 3 is 2.55 bits per heavy atom. The van der Waals surface area contributed by atoms with Crippen molar-refractivity contribution < 1.29 is 19.1 Å². The molecule has 3 aromatic rings. The van der Waals surface area contributed by atoms with Crippen molar-refractivity contribution in [2.75, 3.05) is 30.0 Å². The van der Waals surface area contributed by atoms with Crippen LogP contribution in [0.5, 0.6) is 0 Å². The second-order valence-electron chi connectivity index (χ2n) is 12.7. The van der Waals surface area contributed by atoms with Crippen molar-refractivity contribution in [3.63, 3.8) is 0 Å². The van der Waals surface area contributed by atoms with Crippen molar-refractivity contribution in [1.29, 1.82) is 0 Å². The molecule has 0 aliphatic heterocycles. The Kier molecular flexibility index (Phi) is 13.2. The molecule has 2 N–H and O–H groups in total. The lowest BCUT2D eigenvalue weighted by atomic mass is 9.88. The van der Waals surface area contributed by atoms with E-state index in [1.807, 2.05) is 23.9 Å². The van der Waals surface area contributed by atoms with Crippen LogP contribution in [0.15, 0.2) is 46.8 Å². The topological polar surface area (TPSA) is 145 Å². The van der Waals surface area contributed by atoms with Crippen LogP contribution < -0.4 is 10.6 Å². The number of rotatable bonds is 15. The van der Waals surface area contributed by atoms with Gasteiger partial charge in [-0.15, -0.1) is 5.10 Å². The predicted octanol–water partition coefficient (Wildman–Crippen LogP) is 6.76. The van der Waals surface area contributed by atoms with Crippen molar-refractivity contribution in [1.82, 2.24) is 24.9 Å². The second kappa shape index (κ2) is 18.0. The van der Waals surface area contributed by atoms with Crippen LogP contribution in [0.2, 0.25) is 0 Å². The van der Waals surface area contributed by atoms with Crippen molar-refractivity contribution >= 4 is 46.4 Å². The Bertz CT molecular complexity index is 1490. The van der Waals surface area contributed by atoms with Crippen molar-refractivity contribution in [3.8, 4) is 0 Å². The van der Waals surface area contributed by atoms with Gasteiger partial charge in [-0.2, -0.15) is 26.7 Å². The van der Waals surface area contributed by atoms with Gasteiger partial charge in [0.2, 0.25) is 0 Å². The number of nitrogens with zero attached hydrogens (tertiary/aromatic N) is 6. The van der Waals surface area contributed by atoms with Gasteiger partial charge in [-0.25, -0.2) is 4.79 Å². The summed E-state index contributed by atoms with van der Waals surface area (Å²) in [5.74, 6) is 2.30. The number of aryl methyl sites for hydroxylation is 1. The highest BCUT2D eigenvalue weighted by Crippen LogP contribution is 2.30. The van der Waals surface area contributed by atoms with E-state index in [0.717, 1.165) is 49.5 Å². The minimum absolute atomic E-state index is 0.157. The Labute approximate surface area is 280 Å². The van der Waals surface area contributed by atoms with E-state index in [1.54, 1.807) is 36.0 Å². The first kappa shape index (κ1) is 34.6. The molecule has 0 saturated heterocycles. The molecule has 2 aliphatic rings. The number of amides is 2. The highest BCUT2D eigenvalue weighted by Gasteiger charge is 2.22. The zero-order valence-electron chi connectivity index (χ0n) is 27.4. The van der Waals surface area contributed by atoms with E-state index in [-0.39, 0.29) is 11.9 Å². The Morgan fingerprint density at radius 1 is 0.979 bits per heavy atom. The van der Waals surface area contributed by atoms with Crippen LogP contribution in [-0.4, -0.2) is 74.2 Å². The molecule has 0 radical (unpaired) electrons. The molecule has 254 valence electrons.